The molecule has 0 aliphatic rings. The van der Waals surface area contributed by atoms with Gasteiger partial charge in [-0.05, 0) is 19.3 Å². The van der Waals surface area contributed by atoms with E-state index in [9.17, 15) is 4.79 Å². The summed E-state index contributed by atoms with van der Waals surface area (Å²) in [5.41, 5.74) is 0.0802. The van der Waals surface area contributed by atoms with Gasteiger partial charge < -0.3 is 9.47 Å². The summed E-state index contributed by atoms with van der Waals surface area (Å²) >= 11 is 0. The molecule has 0 N–H and O–H groups in total. The van der Waals surface area contributed by atoms with Crippen LogP contribution in [0.4, 0.5) is 0 Å². The summed E-state index contributed by atoms with van der Waals surface area (Å²) in [5.74, 6) is -0.312. The minimum absolute atomic E-state index is 0.0623. The normalized spacial score (nSPS) is 14.3. The van der Waals surface area contributed by atoms with E-state index in [1.165, 1.54) is 0 Å². The Morgan fingerprint density at radius 1 is 1.12 bits per heavy atom. The minimum atomic E-state index is -0.435. The fourth-order valence-electron chi connectivity index (χ4n) is 1.19. The molecule has 0 aromatic carbocycles. The Hall–Kier alpha value is -0.570. The predicted molar refractivity (Wildman–Crippen MR) is 65.0 cm³/mol. The van der Waals surface area contributed by atoms with Crippen molar-refractivity contribution in [2.45, 2.75) is 67.3 Å². The number of carbonyl (C=O) groups is 1. The molecule has 0 fully saturated rings. The molecule has 3 heteroatoms. The molecule has 1 unspecified atom stereocenters. The maximum Gasteiger partial charge on any atom is 0.310 e. The third-order valence-electron chi connectivity index (χ3n) is 1.92. The highest BCUT2D eigenvalue weighted by Gasteiger charge is 2.24. The highest BCUT2D eigenvalue weighted by atomic mass is 16.7. The van der Waals surface area contributed by atoms with Crippen molar-refractivity contribution in [1.29, 1.82) is 0 Å². The number of hydrogen-bond donors (Lipinski definition) is 0. The van der Waals surface area contributed by atoms with Gasteiger partial charge >= 0.3 is 5.97 Å². The van der Waals surface area contributed by atoms with Gasteiger partial charge in [0, 0.05) is 6.42 Å². The van der Waals surface area contributed by atoms with Crippen LogP contribution in [0, 0.1) is 11.3 Å². The number of carbonyl (C=O) groups excluding carboxylic acids is 1. The van der Waals surface area contributed by atoms with Crippen molar-refractivity contribution < 1.29 is 14.3 Å². The van der Waals surface area contributed by atoms with Gasteiger partial charge in [0.1, 0.15) is 0 Å². The molecule has 0 spiro atoms. The third kappa shape index (κ3) is 7.69. The second-order valence-corrected chi connectivity index (χ2v) is 5.97. The number of hydrogen-bond acceptors (Lipinski definition) is 3. The Bertz CT molecular complexity index is 214. The van der Waals surface area contributed by atoms with Gasteiger partial charge in [0.2, 0.25) is 6.29 Å². The second-order valence-electron chi connectivity index (χ2n) is 5.97. The molecule has 0 saturated heterocycles. The molecule has 16 heavy (non-hydrogen) atoms. The molecule has 96 valence electrons. The lowest BCUT2D eigenvalue weighted by Crippen LogP contribution is -2.30. The van der Waals surface area contributed by atoms with Crippen LogP contribution in [0.3, 0.4) is 0 Å². The van der Waals surface area contributed by atoms with E-state index in [1.54, 1.807) is 0 Å². The van der Waals surface area contributed by atoms with Crippen molar-refractivity contribution in [2.24, 2.45) is 11.3 Å². The van der Waals surface area contributed by atoms with E-state index in [-0.39, 0.29) is 23.4 Å². The molecule has 0 aromatic rings. The smallest absolute Gasteiger partial charge is 0.310 e. The van der Waals surface area contributed by atoms with Crippen LogP contribution in [0.2, 0.25) is 0 Å². The molecule has 0 heterocycles. The molecule has 0 radical (unpaired) electrons. The monoisotopic (exact) mass is 230 g/mol. The lowest BCUT2D eigenvalue weighted by Gasteiger charge is -2.27. The summed E-state index contributed by atoms with van der Waals surface area (Å²) in [6.45, 7) is 13.8. The first-order chi connectivity index (χ1) is 7.11. The van der Waals surface area contributed by atoms with Crippen LogP contribution in [0.5, 0.6) is 0 Å². The van der Waals surface area contributed by atoms with Crippen molar-refractivity contribution >= 4 is 5.97 Å². The summed E-state index contributed by atoms with van der Waals surface area (Å²) in [6, 6.07) is 0. The van der Waals surface area contributed by atoms with Crippen LogP contribution in [0.25, 0.3) is 0 Å². The van der Waals surface area contributed by atoms with Gasteiger partial charge in [-0.2, -0.15) is 0 Å². The SMILES string of the molecule is CC(C)OC(CC(C)(C)C)OC(=O)C(C)C. The van der Waals surface area contributed by atoms with Gasteiger partial charge in [-0.25, -0.2) is 0 Å². The van der Waals surface area contributed by atoms with E-state index < -0.39 is 6.29 Å². The maximum absolute atomic E-state index is 11.5. The average Bonchev–Trinajstić information content (AvgIpc) is 1.98. The first-order valence-corrected chi connectivity index (χ1v) is 5.98. The zero-order valence-electron chi connectivity index (χ0n) is 11.7. The van der Waals surface area contributed by atoms with Crippen molar-refractivity contribution in [1.82, 2.24) is 0 Å². The van der Waals surface area contributed by atoms with Crippen LogP contribution in [0.15, 0.2) is 0 Å². The summed E-state index contributed by atoms with van der Waals surface area (Å²) < 4.78 is 10.9. The molecule has 0 saturated carbocycles. The van der Waals surface area contributed by atoms with E-state index in [0.717, 1.165) is 0 Å². The van der Waals surface area contributed by atoms with E-state index >= 15 is 0 Å². The fourth-order valence-corrected chi connectivity index (χ4v) is 1.19. The fraction of sp³-hybridized carbons (Fsp3) is 0.923. The van der Waals surface area contributed by atoms with Gasteiger partial charge in [-0.1, -0.05) is 34.6 Å². The van der Waals surface area contributed by atoms with Crippen molar-refractivity contribution in [3.05, 3.63) is 0 Å². The first kappa shape index (κ1) is 15.4. The second kappa shape index (κ2) is 6.24. The van der Waals surface area contributed by atoms with Gasteiger partial charge in [0.05, 0.1) is 12.0 Å². The Balaban J connectivity index is 4.38. The van der Waals surface area contributed by atoms with Gasteiger partial charge in [0.15, 0.2) is 0 Å². The van der Waals surface area contributed by atoms with Gasteiger partial charge in [-0.15, -0.1) is 0 Å². The number of ether oxygens (including phenoxy) is 2. The molecular weight excluding hydrogens is 204 g/mol. The summed E-state index contributed by atoms with van der Waals surface area (Å²) in [7, 11) is 0. The Morgan fingerprint density at radius 3 is 1.94 bits per heavy atom. The van der Waals surface area contributed by atoms with E-state index in [0.29, 0.717) is 6.42 Å². The molecule has 0 aromatic heterocycles. The highest BCUT2D eigenvalue weighted by molar-refractivity contribution is 5.71. The summed E-state index contributed by atoms with van der Waals surface area (Å²) in [4.78, 5) is 11.5. The quantitative estimate of drug-likeness (QED) is 0.536. The van der Waals surface area contributed by atoms with E-state index in [4.69, 9.17) is 9.47 Å². The molecule has 0 bridgehead atoms. The summed E-state index contributed by atoms with van der Waals surface area (Å²) in [6.07, 6.45) is 0.339. The Kier molecular flexibility index (Phi) is 6.01. The first-order valence-electron chi connectivity index (χ1n) is 5.98. The van der Waals surface area contributed by atoms with Crippen LogP contribution in [-0.2, 0) is 14.3 Å². The third-order valence-corrected chi connectivity index (χ3v) is 1.92. The van der Waals surface area contributed by atoms with Crippen molar-refractivity contribution in [3.63, 3.8) is 0 Å². The standard InChI is InChI=1S/C13H26O3/c1-9(2)12(14)16-11(15-10(3)4)8-13(5,6)7/h9-11H,8H2,1-7H3. The van der Waals surface area contributed by atoms with Crippen LogP contribution in [0.1, 0.15) is 54.9 Å². The van der Waals surface area contributed by atoms with E-state index in [1.807, 2.05) is 27.7 Å². The zero-order valence-corrected chi connectivity index (χ0v) is 11.7. The molecule has 0 aliphatic heterocycles. The van der Waals surface area contributed by atoms with Crippen molar-refractivity contribution in [2.75, 3.05) is 0 Å². The Labute approximate surface area is 99.5 Å². The zero-order chi connectivity index (χ0) is 12.9. The molecule has 0 rings (SSSR count). The largest absolute Gasteiger partial charge is 0.436 e. The van der Waals surface area contributed by atoms with Crippen molar-refractivity contribution in [3.8, 4) is 0 Å². The highest BCUT2D eigenvalue weighted by Crippen LogP contribution is 2.24. The lowest BCUT2D eigenvalue weighted by molar-refractivity contribution is -0.196. The molecule has 0 aliphatic carbocycles. The maximum atomic E-state index is 11.5. The van der Waals surface area contributed by atoms with Crippen LogP contribution < -0.4 is 0 Å². The predicted octanol–water partition coefficient (Wildman–Crippen LogP) is 3.37. The molecule has 3 nitrogen and oxygen atoms in total. The topological polar surface area (TPSA) is 35.5 Å². The van der Waals surface area contributed by atoms with E-state index in [2.05, 4.69) is 20.8 Å². The van der Waals surface area contributed by atoms with Crippen LogP contribution in [-0.4, -0.2) is 18.4 Å². The Morgan fingerprint density at radius 2 is 1.62 bits per heavy atom. The number of esters is 1. The van der Waals surface area contributed by atoms with Gasteiger partial charge in [0.25, 0.3) is 0 Å². The molecular formula is C13H26O3. The average molecular weight is 230 g/mol. The molecule has 0 amide bonds. The minimum Gasteiger partial charge on any atom is -0.436 e. The number of rotatable bonds is 5. The lowest BCUT2D eigenvalue weighted by atomic mass is 9.92. The van der Waals surface area contributed by atoms with Gasteiger partial charge in [-0.3, -0.25) is 4.79 Å². The summed E-state index contributed by atoms with van der Waals surface area (Å²) in [5, 5.41) is 0. The van der Waals surface area contributed by atoms with Crippen LogP contribution >= 0.6 is 0 Å². The molecule has 1 atom stereocenters.